The van der Waals surface area contributed by atoms with Gasteiger partial charge in [-0.1, -0.05) is 60.7 Å². The van der Waals surface area contributed by atoms with Crippen molar-refractivity contribution in [1.82, 2.24) is 4.57 Å². The molecule has 0 fully saturated rings. The van der Waals surface area contributed by atoms with Gasteiger partial charge in [0, 0.05) is 16.5 Å². The van der Waals surface area contributed by atoms with Crippen LogP contribution in [0.25, 0.3) is 38.6 Å². The molecule has 27 heavy (non-hydrogen) atoms. The second-order valence-corrected chi connectivity index (χ2v) is 6.54. The number of fused-ring (bicyclic) bond motifs is 3. The molecule has 4 aromatic carbocycles. The highest BCUT2D eigenvalue weighted by Crippen LogP contribution is 2.35. The molecule has 1 heterocycles. The Bertz CT molecular complexity index is 1260. The zero-order valence-corrected chi connectivity index (χ0v) is 14.5. The number of hydrogen-bond donors (Lipinski definition) is 1. The van der Waals surface area contributed by atoms with Crippen molar-refractivity contribution >= 4 is 21.8 Å². The Morgan fingerprint density at radius 3 is 2.19 bits per heavy atom. The van der Waals surface area contributed by atoms with Crippen LogP contribution in [-0.4, -0.2) is 9.82 Å². The summed E-state index contributed by atoms with van der Waals surface area (Å²) >= 11 is 0. The predicted molar refractivity (Wildman–Crippen MR) is 109 cm³/mol. The van der Waals surface area contributed by atoms with Crippen LogP contribution in [0, 0.1) is 0 Å². The minimum absolute atomic E-state index is 0.434. The average molecular weight is 351 g/mol. The number of benzene rings is 4. The van der Waals surface area contributed by atoms with Crippen LogP contribution in [-0.2, 0) is 0 Å². The zero-order chi connectivity index (χ0) is 18.2. The van der Waals surface area contributed by atoms with Gasteiger partial charge in [0.15, 0.2) is 5.75 Å². The molecule has 3 nitrogen and oxygen atoms in total. The molecule has 5 aromatic rings. The Labute approximate surface area is 156 Å². The summed E-state index contributed by atoms with van der Waals surface area (Å²) in [6.45, 7) is 0. The Balaban J connectivity index is 1.80. The van der Waals surface area contributed by atoms with E-state index in [9.17, 15) is 0 Å². The molecule has 1 aromatic heterocycles. The molecule has 0 saturated carbocycles. The van der Waals surface area contributed by atoms with Crippen LogP contribution in [0.2, 0.25) is 0 Å². The zero-order valence-electron chi connectivity index (χ0n) is 14.5. The van der Waals surface area contributed by atoms with Gasteiger partial charge in [-0.3, -0.25) is 0 Å². The third-order valence-corrected chi connectivity index (χ3v) is 4.96. The predicted octanol–water partition coefficient (Wildman–Crippen LogP) is 6.30. The first-order valence-corrected chi connectivity index (χ1v) is 8.85. The smallest absolute Gasteiger partial charge is 0.165 e. The molecule has 0 aliphatic heterocycles. The molecule has 0 amide bonds. The van der Waals surface area contributed by atoms with Gasteiger partial charge in [-0.2, -0.15) is 0 Å². The highest BCUT2D eigenvalue weighted by atomic mass is 17.1. The van der Waals surface area contributed by atoms with Gasteiger partial charge < -0.3 is 9.45 Å². The summed E-state index contributed by atoms with van der Waals surface area (Å²) in [5.41, 5.74) is 5.65. The van der Waals surface area contributed by atoms with Crippen molar-refractivity contribution in [3.05, 3.63) is 97.1 Å². The first-order valence-electron chi connectivity index (χ1n) is 8.85. The van der Waals surface area contributed by atoms with E-state index in [1.54, 1.807) is 6.07 Å². The molecular formula is C24H17NO2. The Hall–Kier alpha value is -3.56. The quantitative estimate of drug-likeness (QED) is 0.306. The Morgan fingerprint density at radius 1 is 0.593 bits per heavy atom. The standard InChI is InChI=1S/C24H17NO2/c26-27-20-13-14-24-22(16-20)21-11-4-5-12-23(21)25(24)19-10-6-9-18(15-19)17-7-2-1-3-8-17/h1-16,26H. The first kappa shape index (κ1) is 15.7. The van der Waals surface area contributed by atoms with Crippen LogP contribution in [0.5, 0.6) is 5.75 Å². The van der Waals surface area contributed by atoms with Gasteiger partial charge in [0.1, 0.15) is 0 Å². The summed E-state index contributed by atoms with van der Waals surface area (Å²) in [6.07, 6.45) is 0. The van der Waals surface area contributed by atoms with Crippen LogP contribution < -0.4 is 4.89 Å². The largest absolute Gasteiger partial charge is 0.340 e. The molecule has 0 aliphatic rings. The van der Waals surface area contributed by atoms with E-state index in [1.165, 1.54) is 11.1 Å². The normalized spacial score (nSPS) is 11.1. The fourth-order valence-corrected chi connectivity index (χ4v) is 3.74. The second-order valence-electron chi connectivity index (χ2n) is 6.54. The fraction of sp³-hybridized carbons (Fsp3) is 0. The monoisotopic (exact) mass is 351 g/mol. The molecule has 5 rings (SSSR count). The summed E-state index contributed by atoms with van der Waals surface area (Å²) in [6, 6.07) is 32.8. The molecule has 0 bridgehead atoms. The molecule has 0 spiro atoms. The maximum Gasteiger partial charge on any atom is 0.165 e. The van der Waals surface area contributed by atoms with Crippen LogP contribution in [0.4, 0.5) is 0 Å². The molecular weight excluding hydrogens is 334 g/mol. The molecule has 0 radical (unpaired) electrons. The van der Waals surface area contributed by atoms with E-state index in [1.807, 2.05) is 30.3 Å². The minimum atomic E-state index is 0.434. The maximum absolute atomic E-state index is 9.05. The number of aromatic nitrogens is 1. The van der Waals surface area contributed by atoms with Crippen molar-refractivity contribution in [2.75, 3.05) is 0 Å². The van der Waals surface area contributed by atoms with Gasteiger partial charge in [0.05, 0.1) is 11.0 Å². The summed E-state index contributed by atoms with van der Waals surface area (Å²) in [7, 11) is 0. The summed E-state index contributed by atoms with van der Waals surface area (Å²) in [5, 5.41) is 11.2. The van der Waals surface area contributed by atoms with Gasteiger partial charge in [-0.15, -0.1) is 0 Å². The maximum atomic E-state index is 9.05. The third kappa shape index (κ3) is 2.57. The van der Waals surface area contributed by atoms with Crippen molar-refractivity contribution in [2.45, 2.75) is 0 Å². The van der Waals surface area contributed by atoms with Crippen molar-refractivity contribution in [2.24, 2.45) is 0 Å². The van der Waals surface area contributed by atoms with E-state index in [4.69, 9.17) is 5.26 Å². The third-order valence-electron chi connectivity index (χ3n) is 4.96. The van der Waals surface area contributed by atoms with E-state index >= 15 is 0 Å². The number of para-hydroxylation sites is 1. The lowest BCUT2D eigenvalue weighted by atomic mass is 10.1. The van der Waals surface area contributed by atoms with Gasteiger partial charge in [-0.25, -0.2) is 5.26 Å². The van der Waals surface area contributed by atoms with Crippen LogP contribution in [0.1, 0.15) is 0 Å². The number of hydrogen-bond acceptors (Lipinski definition) is 2. The Kier molecular flexibility index (Phi) is 3.66. The lowest BCUT2D eigenvalue weighted by Gasteiger charge is -2.10. The van der Waals surface area contributed by atoms with Gasteiger partial charge in [-0.05, 0) is 47.5 Å². The SMILES string of the molecule is OOc1ccc2c(c1)c1ccccc1n2-c1cccc(-c2ccccc2)c1. The summed E-state index contributed by atoms with van der Waals surface area (Å²) in [4.78, 5) is 4.45. The molecule has 130 valence electrons. The molecule has 0 atom stereocenters. The van der Waals surface area contributed by atoms with E-state index in [0.717, 1.165) is 27.5 Å². The van der Waals surface area contributed by atoms with Crippen LogP contribution in [0.3, 0.4) is 0 Å². The topological polar surface area (TPSA) is 34.4 Å². The average Bonchev–Trinajstić information content (AvgIpc) is 3.08. The van der Waals surface area contributed by atoms with E-state index in [-0.39, 0.29) is 0 Å². The minimum Gasteiger partial charge on any atom is -0.340 e. The summed E-state index contributed by atoms with van der Waals surface area (Å²) in [5.74, 6) is 0.434. The lowest BCUT2D eigenvalue weighted by molar-refractivity contribution is -0.137. The van der Waals surface area contributed by atoms with Crippen molar-refractivity contribution in [3.8, 4) is 22.6 Å². The van der Waals surface area contributed by atoms with Crippen molar-refractivity contribution in [1.29, 1.82) is 0 Å². The summed E-state index contributed by atoms with van der Waals surface area (Å²) < 4.78 is 2.25. The van der Waals surface area contributed by atoms with E-state index < -0.39 is 0 Å². The highest BCUT2D eigenvalue weighted by molar-refractivity contribution is 6.09. The lowest BCUT2D eigenvalue weighted by Crippen LogP contribution is -1.94. The fourth-order valence-electron chi connectivity index (χ4n) is 3.74. The highest BCUT2D eigenvalue weighted by Gasteiger charge is 2.13. The van der Waals surface area contributed by atoms with Crippen LogP contribution in [0.15, 0.2) is 97.1 Å². The van der Waals surface area contributed by atoms with E-state index in [0.29, 0.717) is 5.75 Å². The number of rotatable bonds is 3. The molecule has 0 aliphatic carbocycles. The van der Waals surface area contributed by atoms with Gasteiger partial charge >= 0.3 is 0 Å². The molecule has 0 unspecified atom stereocenters. The van der Waals surface area contributed by atoms with Crippen LogP contribution >= 0.6 is 0 Å². The van der Waals surface area contributed by atoms with Gasteiger partial charge in [0.2, 0.25) is 0 Å². The van der Waals surface area contributed by atoms with Crippen molar-refractivity contribution < 1.29 is 10.1 Å². The Morgan fingerprint density at radius 2 is 1.33 bits per heavy atom. The molecule has 1 N–H and O–H groups in total. The van der Waals surface area contributed by atoms with Gasteiger partial charge in [0.25, 0.3) is 0 Å². The molecule has 3 heteroatoms. The van der Waals surface area contributed by atoms with Crippen molar-refractivity contribution in [3.63, 3.8) is 0 Å². The number of nitrogens with zero attached hydrogens (tertiary/aromatic N) is 1. The second kappa shape index (κ2) is 6.31. The first-order chi connectivity index (χ1) is 13.3. The molecule has 0 saturated heterocycles. The van der Waals surface area contributed by atoms with E-state index in [2.05, 4.69) is 70.1 Å².